The van der Waals surface area contributed by atoms with Gasteiger partial charge >= 0.3 is 0 Å². The highest BCUT2D eigenvalue weighted by Crippen LogP contribution is 2.25. The molecule has 5 heteroatoms. The predicted molar refractivity (Wildman–Crippen MR) is 79.5 cm³/mol. The highest BCUT2D eigenvalue weighted by atomic mass is 16.3. The molecule has 0 unspecified atom stereocenters. The number of phenols is 2. The largest absolute Gasteiger partial charge is 0.504 e. The van der Waals surface area contributed by atoms with Crippen molar-refractivity contribution in [2.45, 2.75) is 6.42 Å². The third-order valence-corrected chi connectivity index (χ3v) is 3.19. The van der Waals surface area contributed by atoms with Crippen molar-refractivity contribution in [3.8, 4) is 11.5 Å². The van der Waals surface area contributed by atoms with Gasteiger partial charge in [-0.05, 0) is 37.4 Å². The molecular formula is C16H18N2O3. The Morgan fingerprint density at radius 2 is 2.00 bits per heavy atom. The Morgan fingerprint density at radius 1 is 1.19 bits per heavy atom. The third-order valence-electron chi connectivity index (χ3n) is 3.19. The van der Waals surface area contributed by atoms with Crippen LogP contribution in [0.4, 0.5) is 0 Å². The number of phenolic OH excluding ortho intramolecular Hbond substituents is 2. The van der Waals surface area contributed by atoms with Crippen LogP contribution in [0, 0.1) is 0 Å². The Labute approximate surface area is 123 Å². The molecule has 0 bridgehead atoms. The first-order valence-electron chi connectivity index (χ1n) is 6.70. The van der Waals surface area contributed by atoms with Crippen LogP contribution in [0.5, 0.6) is 11.5 Å². The van der Waals surface area contributed by atoms with Gasteiger partial charge in [-0.2, -0.15) is 0 Å². The van der Waals surface area contributed by atoms with Crippen molar-refractivity contribution >= 4 is 5.78 Å². The smallest absolute Gasteiger partial charge is 0.176 e. The van der Waals surface area contributed by atoms with Crippen molar-refractivity contribution in [1.29, 1.82) is 0 Å². The maximum atomic E-state index is 12.1. The molecule has 0 saturated carbocycles. The zero-order valence-electron chi connectivity index (χ0n) is 11.9. The fourth-order valence-electron chi connectivity index (χ4n) is 1.96. The zero-order valence-corrected chi connectivity index (χ0v) is 11.9. The van der Waals surface area contributed by atoms with Gasteiger partial charge in [-0.1, -0.05) is 6.07 Å². The summed E-state index contributed by atoms with van der Waals surface area (Å²) in [7, 11) is 1.86. The van der Waals surface area contributed by atoms with E-state index < -0.39 is 0 Å². The van der Waals surface area contributed by atoms with Gasteiger partial charge in [-0.3, -0.25) is 14.7 Å². The second kappa shape index (κ2) is 6.85. The fraction of sp³-hybridized carbons (Fsp3) is 0.250. The lowest BCUT2D eigenvalue weighted by Crippen LogP contribution is -2.28. The van der Waals surface area contributed by atoms with Crippen molar-refractivity contribution in [1.82, 2.24) is 9.88 Å². The number of aromatic nitrogens is 1. The van der Waals surface area contributed by atoms with Gasteiger partial charge in [-0.25, -0.2) is 0 Å². The average Bonchev–Trinajstić information content (AvgIpc) is 2.49. The highest BCUT2D eigenvalue weighted by Gasteiger charge is 2.11. The van der Waals surface area contributed by atoms with Crippen molar-refractivity contribution in [3.63, 3.8) is 0 Å². The van der Waals surface area contributed by atoms with Gasteiger partial charge in [0.05, 0.1) is 6.54 Å². The summed E-state index contributed by atoms with van der Waals surface area (Å²) in [6.45, 7) is 0.962. The van der Waals surface area contributed by atoms with Crippen molar-refractivity contribution in [2.24, 2.45) is 0 Å². The molecular weight excluding hydrogens is 268 g/mol. The normalized spacial score (nSPS) is 10.8. The van der Waals surface area contributed by atoms with E-state index >= 15 is 0 Å². The summed E-state index contributed by atoms with van der Waals surface area (Å²) in [5, 5.41) is 18.7. The van der Waals surface area contributed by atoms with Crippen LogP contribution in [0.25, 0.3) is 0 Å². The molecule has 1 aromatic carbocycles. The van der Waals surface area contributed by atoms with E-state index in [1.807, 2.05) is 30.1 Å². The fourth-order valence-corrected chi connectivity index (χ4v) is 1.96. The van der Waals surface area contributed by atoms with Crippen LogP contribution >= 0.6 is 0 Å². The zero-order chi connectivity index (χ0) is 15.2. The topological polar surface area (TPSA) is 73.7 Å². The molecule has 0 aliphatic rings. The predicted octanol–water partition coefficient (Wildman–Crippen LogP) is 1.85. The lowest BCUT2D eigenvalue weighted by Gasteiger charge is -2.15. The molecule has 0 saturated heterocycles. The number of carbonyl (C=O) groups excluding carboxylic acids is 1. The lowest BCUT2D eigenvalue weighted by atomic mass is 10.1. The highest BCUT2D eigenvalue weighted by molar-refractivity contribution is 5.98. The number of rotatable bonds is 6. The molecule has 0 radical (unpaired) electrons. The van der Waals surface area contributed by atoms with Gasteiger partial charge in [0.2, 0.25) is 0 Å². The minimum Gasteiger partial charge on any atom is -0.504 e. The monoisotopic (exact) mass is 286 g/mol. The van der Waals surface area contributed by atoms with Gasteiger partial charge in [0, 0.05) is 30.4 Å². The van der Waals surface area contributed by atoms with Gasteiger partial charge in [0.1, 0.15) is 0 Å². The van der Waals surface area contributed by atoms with Gasteiger partial charge < -0.3 is 10.2 Å². The molecule has 110 valence electrons. The maximum absolute atomic E-state index is 12.1. The molecule has 2 rings (SSSR count). The van der Waals surface area contributed by atoms with Crippen LogP contribution < -0.4 is 0 Å². The SMILES string of the molecule is CN(CCc1ccccn1)CC(=O)c1ccc(O)c(O)c1. The first-order chi connectivity index (χ1) is 10.1. The van der Waals surface area contributed by atoms with E-state index in [1.165, 1.54) is 18.2 Å². The lowest BCUT2D eigenvalue weighted by molar-refractivity contribution is 0.0946. The second-order valence-corrected chi connectivity index (χ2v) is 4.94. The molecule has 0 aliphatic carbocycles. The second-order valence-electron chi connectivity index (χ2n) is 4.94. The molecule has 1 aromatic heterocycles. The summed E-state index contributed by atoms with van der Waals surface area (Å²) in [6, 6.07) is 9.86. The molecule has 0 fully saturated rings. The average molecular weight is 286 g/mol. The number of hydrogen-bond acceptors (Lipinski definition) is 5. The molecule has 1 heterocycles. The standard InChI is InChI=1S/C16H18N2O3/c1-18(9-7-13-4-2-3-8-17-13)11-16(21)12-5-6-14(19)15(20)10-12/h2-6,8,10,19-20H,7,9,11H2,1H3. The Morgan fingerprint density at radius 3 is 2.67 bits per heavy atom. The molecule has 2 aromatic rings. The molecule has 5 nitrogen and oxygen atoms in total. The quantitative estimate of drug-likeness (QED) is 0.626. The number of likely N-dealkylation sites (N-methyl/N-ethyl adjacent to an activating group) is 1. The van der Waals surface area contributed by atoms with Crippen LogP contribution in [0.15, 0.2) is 42.6 Å². The Hall–Kier alpha value is -2.40. The van der Waals surface area contributed by atoms with Crippen LogP contribution in [-0.4, -0.2) is 46.0 Å². The van der Waals surface area contributed by atoms with E-state index in [9.17, 15) is 15.0 Å². The summed E-state index contributed by atoms with van der Waals surface area (Å²) < 4.78 is 0. The number of pyridine rings is 1. The number of hydrogen-bond donors (Lipinski definition) is 2. The Balaban J connectivity index is 1.88. The van der Waals surface area contributed by atoms with E-state index in [2.05, 4.69) is 4.98 Å². The molecule has 0 spiro atoms. The third kappa shape index (κ3) is 4.29. The van der Waals surface area contributed by atoms with Crippen LogP contribution in [0.3, 0.4) is 0 Å². The molecule has 0 aliphatic heterocycles. The van der Waals surface area contributed by atoms with Crippen molar-refractivity contribution in [3.05, 3.63) is 53.9 Å². The van der Waals surface area contributed by atoms with E-state index in [1.54, 1.807) is 6.20 Å². The maximum Gasteiger partial charge on any atom is 0.176 e. The van der Waals surface area contributed by atoms with Gasteiger partial charge in [0.15, 0.2) is 17.3 Å². The first kappa shape index (κ1) is 15.0. The van der Waals surface area contributed by atoms with Crippen LogP contribution in [0.1, 0.15) is 16.1 Å². The van der Waals surface area contributed by atoms with E-state index in [0.717, 1.165) is 12.1 Å². The molecule has 0 atom stereocenters. The Bertz CT molecular complexity index is 614. The molecule has 21 heavy (non-hydrogen) atoms. The number of Topliss-reactive ketones (excluding diaryl/α,β-unsaturated/α-hetero) is 1. The summed E-state index contributed by atoms with van der Waals surface area (Å²) in [5.74, 6) is -0.610. The number of nitrogens with zero attached hydrogens (tertiary/aromatic N) is 2. The number of aromatic hydroxyl groups is 2. The number of ketones is 1. The molecule has 0 amide bonds. The first-order valence-corrected chi connectivity index (χ1v) is 6.70. The number of benzene rings is 1. The molecule has 2 N–H and O–H groups in total. The van der Waals surface area contributed by atoms with Crippen molar-refractivity contribution in [2.75, 3.05) is 20.1 Å². The van der Waals surface area contributed by atoms with E-state index in [0.29, 0.717) is 12.1 Å². The van der Waals surface area contributed by atoms with E-state index in [4.69, 9.17) is 0 Å². The summed E-state index contributed by atoms with van der Waals surface area (Å²) >= 11 is 0. The summed E-state index contributed by atoms with van der Waals surface area (Å²) in [4.78, 5) is 18.2. The Kier molecular flexibility index (Phi) is 4.90. The van der Waals surface area contributed by atoms with Crippen LogP contribution in [-0.2, 0) is 6.42 Å². The number of carbonyl (C=O) groups is 1. The minimum absolute atomic E-state index is 0.103. The van der Waals surface area contributed by atoms with Gasteiger partial charge in [0.25, 0.3) is 0 Å². The van der Waals surface area contributed by atoms with Crippen LogP contribution in [0.2, 0.25) is 0 Å². The summed E-state index contributed by atoms with van der Waals surface area (Å²) in [5.41, 5.74) is 1.37. The van der Waals surface area contributed by atoms with Gasteiger partial charge in [-0.15, -0.1) is 0 Å². The summed E-state index contributed by atoms with van der Waals surface area (Å²) in [6.07, 6.45) is 2.52. The minimum atomic E-state index is -0.281. The van der Waals surface area contributed by atoms with E-state index in [-0.39, 0.29) is 23.8 Å². The van der Waals surface area contributed by atoms with Crippen molar-refractivity contribution < 1.29 is 15.0 Å².